The topological polar surface area (TPSA) is 35.2 Å². The normalized spacial score (nSPS) is 15.2. The molecule has 0 saturated heterocycles. The molecule has 1 aromatic rings. The molecule has 0 aliphatic carbocycles. The van der Waals surface area contributed by atoms with Crippen molar-refractivity contribution >= 4 is 23.2 Å². The highest BCUT2D eigenvalue weighted by atomic mass is 35.5. The van der Waals surface area contributed by atoms with E-state index in [2.05, 4.69) is 0 Å². The number of benzene rings is 1. The van der Waals surface area contributed by atoms with E-state index in [9.17, 15) is 0 Å². The molecule has 0 aliphatic rings. The highest BCUT2D eigenvalue weighted by molar-refractivity contribution is 6.42. The molecule has 0 spiro atoms. The van der Waals surface area contributed by atoms with Gasteiger partial charge in [0.05, 0.1) is 22.2 Å². The molecule has 0 fully saturated rings. The van der Waals surface area contributed by atoms with Crippen molar-refractivity contribution in [3.05, 3.63) is 33.8 Å². The van der Waals surface area contributed by atoms with Gasteiger partial charge in [-0.25, -0.2) is 0 Å². The Morgan fingerprint density at radius 3 is 2.50 bits per heavy atom. The second-order valence-corrected chi connectivity index (χ2v) is 4.29. The smallest absolute Gasteiger partial charge is 0.0681 e. The molecule has 0 amide bonds. The number of halogens is 2. The third kappa shape index (κ3) is 2.61. The number of nitrogens with two attached hydrogens (primary N) is 1. The molecule has 1 unspecified atom stereocenters. The van der Waals surface area contributed by atoms with Gasteiger partial charge in [-0.15, -0.1) is 0 Å². The zero-order chi connectivity index (χ0) is 10.8. The van der Waals surface area contributed by atoms with Crippen LogP contribution in [0.4, 0.5) is 0 Å². The number of rotatable bonds is 3. The fraction of sp³-hybridized carbons (Fsp3) is 0.400. The molecule has 0 bridgehead atoms. The minimum Gasteiger partial charge on any atom is -0.382 e. The van der Waals surface area contributed by atoms with Crippen LogP contribution in [0.15, 0.2) is 18.2 Å². The van der Waals surface area contributed by atoms with Crippen LogP contribution in [0.2, 0.25) is 10.0 Å². The molecule has 2 N–H and O–H groups in total. The summed E-state index contributed by atoms with van der Waals surface area (Å²) in [7, 11) is 1.61. The third-order valence-electron chi connectivity index (χ3n) is 2.02. The first kappa shape index (κ1) is 11.8. The SMILES string of the molecule is COCC(C)(N)c1ccc(Cl)c(Cl)c1. The first-order valence-electron chi connectivity index (χ1n) is 4.21. The molecule has 4 heteroatoms. The Balaban J connectivity index is 3.01. The Morgan fingerprint density at radius 2 is 2.00 bits per heavy atom. The average Bonchev–Trinajstić information content (AvgIpc) is 2.09. The minimum atomic E-state index is -0.539. The van der Waals surface area contributed by atoms with Gasteiger partial charge in [0.1, 0.15) is 0 Å². The molecule has 0 saturated carbocycles. The second-order valence-electron chi connectivity index (χ2n) is 3.48. The number of hydrogen-bond acceptors (Lipinski definition) is 2. The van der Waals surface area contributed by atoms with E-state index in [1.807, 2.05) is 13.0 Å². The molecular formula is C10H13Cl2NO. The average molecular weight is 234 g/mol. The Labute approximate surface area is 94.0 Å². The van der Waals surface area contributed by atoms with E-state index in [1.54, 1.807) is 19.2 Å². The Kier molecular flexibility index (Phi) is 3.78. The lowest BCUT2D eigenvalue weighted by atomic mass is 9.94. The van der Waals surface area contributed by atoms with Crippen LogP contribution in [0.5, 0.6) is 0 Å². The van der Waals surface area contributed by atoms with Gasteiger partial charge in [-0.3, -0.25) is 0 Å². The van der Waals surface area contributed by atoms with Gasteiger partial charge < -0.3 is 10.5 Å². The van der Waals surface area contributed by atoms with Gasteiger partial charge in [0, 0.05) is 7.11 Å². The van der Waals surface area contributed by atoms with E-state index < -0.39 is 5.54 Å². The van der Waals surface area contributed by atoms with Gasteiger partial charge in [-0.05, 0) is 24.6 Å². The zero-order valence-electron chi connectivity index (χ0n) is 8.18. The summed E-state index contributed by atoms with van der Waals surface area (Å²) in [6.07, 6.45) is 0. The standard InChI is InChI=1S/C10H13Cl2NO/c1-10(13,6-14-2)7-3-4-8(11)9(12)5-7/h3-5H,6,13H2,1-2H3. The molecular weight excluding hydrogens is 221 g/mol. The van der Waals surface area contributed by atoms with Crippen LogP contribution >= 0.6 is 23.2 Å². The summed E-state index contributed by atoms with van der Waals surface area (Å²) in [6, 6.07) is 5.36. The van der Waals surface area contributed by atoms with Crippen LogP contribution in [0.1, 0.15) is 12.5 Å². The van der Waals surface area contributed by atoms with Crippen molar-refractivity contribution in [2.75, 3.05) is 13.7 Å². The van der Waals surface area contributed by atoms with E-state index in [4.69, 9.17) is 33.7 Å². The minimum absolute atomic E-state index is 0.435. The summed E-state index contributed by atoms with van der Waals surface area (Å²) in [5.74, 6) is 0. The Bertz CT molecular complexity index is 326. The summed E-state index contributed by atoms with van der Waals surface area (Å²) in [6.45, 7) is 2.32. The number of hydrogen-bond donors (Lipinski definition) is 1. The molecule has 1 atom stereocenters. The first-order chi connectivity index (χ1) is 6.47. The summed E-state index contributed by atoms with van der Waals surface area (Å²) >= 11 is 11.7. The van der Waals surface area contributed by atoms with E-state index in [-0.39, 0.29) is 0 Å². The number of ether oxygens (including phenoxy) is 1. The Morgan fingerprint density at radius 1 is 1.36 bits per heavy atom. The van der Waals surface area contributed by atoms with E-state index in [0.717, 1.165) is 5.56 Å². The van der Waals surface area contributed by atoms with E-state index in [1.165, 1.54) is 0 Å². The van der Waals surface area contributed by atoms with Crippen LogP contribution in [0.3, 0.4) is 0 Å². The van der Waals surface area contributed by atoms with Crippen molar-refractivity contribution in [2.45, 2.75) is 12.5 Å². The molecule has 0 aliphatic heterocycles. The van der Waals surface area contributed by atoms with Gasteiger partial charge in [-0.2, -0.15) is 0 Å². The van der Waals surface area contributed by atoms with Crippen LogP contribution < -0.4 is 5.73 Å². The third-order valence-corrected chi connectivity index (χ3v) is 2.76. The fourth-order valence-corrected chi connectivity index (χ4v) is 1.53. The van der Waals surface area contributed by atoms with E-state index in [0.29, 0.717) is 16.7 Å². The molecule has 2 nitrogen and oxygen atoms in total. The Hall–Kier alpha value is -0.280. The number of methoxy groups -OCH3 is 1. The summed E-state index contributed by atoms with van der Waals surface area (Å²) in [5.41, 5.74) is 6.41. The molecule has 14 heavy (non-hydrogen) atoms. The molecule has 1 rings (SSSR count). The highest BCUT2D eigenvalue weighted by Crippen LogP contribution is 2.27. The van der Waals surface area contributed by atoms with Crippen LogP contribution in [0, 0.1) is 0 Å². The summed E-state index contributed by atoms with van der Waals surface area (Å²) in [5, 5.41) is 1.04. The lowest BCUT2D eigenvalue weighted by Gasteiger charge is -2.24. The monoisotopic (exact) mass is 233 g/mol. The van der Waals surface area contributed by atoms with Gasteiger partial charge in [0.15, 0.2) is 0 Å². The van der Waals surface area contributed by atoms with Crippen LogP contribution in [-0.4, -0.2) is 13.7 Å². The van der Waals surface area contributed by atoms with Crippen molar-refractivity contribution < 1.29 is 4.74 Å². The molecule has 0 heterocycles. The van der Waals surface area contributed by atoms with Crippen molar-refractivity contribution in [1.29, 1.82) is 0 Å². The lowest BCUT2D eigenvalue weighted by molar-refractivity contribution is 0.141. The maximum absolute atomic E-state index is 6.04. The molecule has 78 valence electrons. The van der Waals surface area contributed by atoms with Crippen LogP contribution in [0.25, 0.3) is 0 Å². The largest absolute Gasteiger partial charge is 0.382 e. The maximum Gasteiger partial charge on any atom is 0.0681 e. The van der Waals surface area contributed by atoms with Crippen molar-refractivity contribution in [2.24, 2.45) is 5.73 Å². The lowest BCUT2D eigenvalue weighted by Crippen LogP contribution is -2.37. The van der Waals surface area contributed by atoms with Gasteiger partial charge in [-0.1, -0.05) is 29.3 Å². The predicted octanol–water partition coefficient (Wildman–Crippen LogP) is 2.81. The van der Waals surface area contributed by atoms with Crippen LogP contribution in [-0.2, 0) is 10.3 Å². The van der Waals surface area contributed by atoms with Crippen molar-refractivity contribution in [3.63, 3.8) is 0 Å². The first-order valence-corrected chi connectivity index (χ1v) is 4.96. The molecule has 1 aromatic carbocycles. The van der Waals surface area contributed by atoms with Gasteiger partial charge in [0.25, 0.3) is 0 Å². The van der Waals surface area contributed by atoms with Gasteiger partial charge in [0.2, 0.25) is 0 Å². The zero-order valence-corrected chi connectivity index (χ0v) is 9.69. The summed E-state index contributed by atoms with van der Waals surface area (Å²) < 4.78 is 5.03. The second kappa shape index (κ2) is 4.49. The maximum atomic E-state index is 6.04. The van der Waals surface area contributed by atoms with Crippen molar-refractivity contribution in [1.82, 2.24) is 0 Å². The van der Waals surface area contributed by atoms with Crippen molar-refractivity contribution in [3.8, 4) is 0 Å². The quantitative estimate of drug-likeness (QED) is 0.872. The molecule has 0 aromatic heterocycles. The highest BCUT2D eigenvalue weighted by Gasteiger charge is 2.21. The summed E-state index contributed by atoms with van der Waals surface area (Å²) in [4.78, 5) is 0. The predicted molar refractivity (Wildman–Crippen MR) is 59.9 cm³/mol. The molecule has 0 radical (unpaired) electrons. The fourth-order valence-electron chi connectivity index (χ4n) is 1.23. The van der Waals surface area contributed by atoms with Gasteiger partial charge >= 0.3 is 0 Å². The van der Waals surface area contributed by atoms with E-state index >= 15 is 0 Å².